The molecular formula is C23H17ClO3. The monoisotopic (exact) mass is 376 g/mol. The van der Waals surface area contributed by atoms with E-state index in [2.05, 4.69) is 0 Å². The standard InChI is InChI=1S/C23H17ClO3/c1-16-2-4-17(5-3-16)6-15-22(25)18-9-13-21(14-10-18)27-23(26)19-7-11-20(24)12-8-19/h2-15H,1H3. The summed E-state index contributed by atoms with van der Waals surface area (Å²) >= 11 is 5.81. The fourth-order valence-corrected chi connectivity index (χ4v) is 2.51. The lowest BCUT2D eigenvalue weighted by Crippen LogP contribution is -2.08. The van der Waals surface area contributed by atoms with Crippen molar-refractivity contribution >= 4 is 29.4 Å². The molecule has 3 aromatic carbocycles. The summed E-state index contributed by atoms with van der Waals surface area (Å²) in [5.41, 5.74) is 3.05. The molecule has 3 nitrogen and oxygen atoms in total. The predicted molar refractivity (Wildman–Crippen MR) is 107 cm³/mol. The molecule has 4 heteroatoms. The number of ketones is 1. The van der Waals surface area contributed by atoms with Crippen molar-refractivity contribution in [3.63, 3.8) is 0 Å². The van der Waals surface area contributed by atoms with E-state index in [9.17, 15) is 9.59 Å². The predicted octanol–water partition coefficient (Wildman–Crippen LogP) is 5.76. The van der Waals surface area contributed by atoms with Gasteiger partial charge in [-0.2, -0.15) is 0 Å². The molecule has 0 atom stereocenters. The molecule has 3 aromatic rings. The van der Waals surface area contributed by atoms with Crippen molar-refractivity contribution in [2.45, 2.75) is 6.92 Å². The minimum Gasteiger partial charge on any atom is -0.423 e. The third-order valence-electron chi connectivity index (χ3n) is 3.93. The Balaban J connectivity index is 1.64. The first kappa shape index (κ1) is 18.6. The van der Waals surface area contributed by atoms with Gasteiger partial charge in [0.15, 0.2) is 5.78 Å². The number of carbonyl (C=O) groups excluding carboxylic acids is 2. The molecule has 0 heterocycles. The van der Waals surface area contributed by atoms with Gasteiger partial charge in [0, 0.05) is 10.6 Å². The van der Waals surface area contributed by atoms with Crippen LogP contribution in [-0.2, 0) is 0 Å². The van der Waals surface area contributed by atoms with Gasteiger partial charge in [-0.3, -0.25) is 4.79 Å². The molecule has 0 radical (unpaired) electrons. The Kier molecular flexibility index (Phi) is 5.84. The van der Waals surface area contributed by atoms with Crippen molar-refractivity contribution in [2.24, 2.45) is 0 Å². The third-order valence-corrected chi connectivity index (χ3v) is 4.19. The number of rotatable bonds is 5. The number of carbonyl (C=O) groups is 2. The van der Waals surface area contributed by atoms with Crippen LogP contribution in [0.5, 0.6) is 5.75 Å². The number of ether oxygens (including phenoxy) is 1. The molecule has 0 aliphatic heterocycles. The van der Waals surface area contributed by atoms with Crippen molar-refractivity contribution in [2.75, 3.05) is 0 Å². The molecular weight excluding hydrogens is 360 g/mol. The Morgan fingerprint density at radius 2 is 1.41 bits per heavy atom. The van der Waals surface area contributed by atoms with Gasteiger partial charge in [-0.25, -0.2) is 4.79 Å². The minimum absolute atomic E-state index is 0.119. The minimum atomic E-state index is -0.481. The SMILES string of the molecule is Cc1ccc(C=CC(=O)c2ccc(OC(=O)c3ccc(Cl)cc3)cc2)cc1. The molecule has 0 spiro atoms. The number of hydrogen-bond donors (Lipinski definition) is 0. The van der Waals surface area contributed by atoms with Crippen LogP contribution in [0.4, 0.5) is 0 Å². The van der Waals surface area contributed by atoms with Crippen LogP contribution in [0, 0.1) is 6.92 Å². The number of esters is 1. The van der Waals surface area contributed by atoms with Crippen LogP contribution in [0.3, 0.4) is 0 Å². The molecule has 27 heavy (non-hydrogen) atoms. The molecule has 134 valence electrons. The van der Waals surface area contributed by atoms with Crippen molar-refractivity contribution in [1.29, 1.82) is 0 Å². The maximum atomic E-state index is 12.3. The van der Waals surface area contributed by atoms with E-state index in [-0.39, 0.29) is 5.78 Å². The Labute approximate surface area is 162 Å². The average molecular weight is 377 g/mol. The van der Waals surface area contributed by atoms with Gasteiger partial charge in [0.1, 0.15) is 5.75 Å². The van der Waals surface area contributed by atoms with Gasteiger partial charge in [-0.15, -0.1) is 0 Å². The first-order valence-electron chi connectivity index (χ1n) is 8.38. The van der Waals surface area contributed by atoms with Crippen LogP contribution in [0.25, 0.3) is 6.08 Å². The van der Waals surface area contributed by atoms with Crippen LogP contribution in [0.15, 0.2) is 78.9 Å². The Morgan fingerprint density at radius 1 is 0.815 bits per heavy atom. The van der Waals surface area contributed by atoms with Crippen LogP contribution in [0.2, 0.25) is 5.02 Å². The fourth-order valence-electron chi connectivity index (χ4n) is 2.38. The molecule has 0 unspecified atom stereocenters. The fraction of sp³-hybridized carbons (Fsp3) is 0.0435. The van der Waals surface area contributed by atoms with E-state index >= 15 is 0 Å². The number of halogens is 1. The van der Waals surface area contributed by atoms with Crippen molar-refractivity contribution < 1.29 is 14.3 Å². The van der Waals surface area contributed by atoms with Crippen LogP contribution in [-0.4, -0.2) is 11.8 Å². The molecule has 0 bridgehead atoms. The molecule has 0 aromatic heterocycles. The van der Waals surface area contributed by atoms with E-state index in [0.717, 1.165) is 5.56 Å². The highest BCUT2D eigenvalue weighted by Crippen LogP contribution is 2.17. The Hall–Kier alpha value is -3.17. The summed E-state index contributed by atoms with van der Waals surface area (Å²) in [7, 11) is 0. The third kappa shape index (κ3) is 5.16. The van der Waals surface area contributed by atoms with Gasteiger partial charge < -0.3 is 4.74 Å². The number of benzene rings is 3. The molecule has 0 fully saturated rings. The molecule has 0 aliphatic rings. The van der Waals surface area contributed by atoms with Gasteiger partial charge >= 0.3 is 5.97 Å². The molecule has 3 rings (SSSR count). The zero-order valence-corrected chi connectivity index (χ0v) is 15.4. The zero-order valence-electron chi connectivity index (χ0n) is 14.7. The van der Waals surface area contributed by atoms with Crippen LogP contribution >= 0.6 is 11.6 Å². The van der Waals surface area contributed by atoms with Crippen molar-refractivity contribution in [1.82, 2.24) is 0 Å². The van der Waals surface area contributed by atoms with Gasteiger partial charge in [0.05, 0.1) is 5.56 Å². The smallest absolute Gasteiger partial charge is 0.343 e. The van der Waals surface area contributed by atoms with Crippen LogP contribution in [0.1, 0.15) is 31.8 Å². The van der Waals surface area contributed by atoms with Crippen molar-refractivity contribution in [3.05, 3.63) is 106 Å². The second kappa shape index (κ2) is 8.47. The summed E-state index contributed by atoms with van der Waals surface area (Å²) in [4.78, 5) is 24.3. The summed E-state index contributed by atoms with van der Waals surface area (Å²) in [5, 5.41) is 0.549. The lowest BCUT2D eigenvalue weighted by atomic mass is 10.1. The summed E-state index contributed by atoms with van der Waals surface area (Å²) in [5.74, 6) is -0.231. The Bertz CT molecular complexity index is 970. The highest BCUT2D eigenvalue weighted by molar-refractivity contribution is 6.30. The van der Waals surface area contributed by atoms with E-state index in [4.69, 9.17) is 16.3 Å². The van der Waals surface area contributed by atoms with Gasteiger partial charge in [-0.1, -0.05) is 47.5 Å². The molecule has 0 saturated heterocycles. The molecule has 0 aliphatic carbocycles. The highest BCUT2D eigenvalue weighted by atomic mass is 35.5. The Morgan fingerprint density at radius 3 is 2.04 bits per heavy atom. The first-order valence-corrected chi connectivity index (χ1v) is 8.76. The highest BCUT2D eigenvalue weighted by Gasteiger charge is 2.09. The summed E-state index contributed by atoms with van der Waals surface area (Å²) < 4.78 is 5.30. The number of aryl methyl sites for hydroxylation is 1. The van der Waals surface area contributed by atoms with Gasteiger partial charge in [-0.05, 0) is 67.1 Å². The quantitative estimate of drug-likeness (QED) is 0.246. The maximum absolute atomic E-state index is 12.3. The van der Waals surface area contributed by atoms with Crippen molar-refractivity contribution in [3.8, 4) is 5.75 Å². The van der Waals surface area contributed by atoms with E-state index in [1.54, 1.807) is 54.6 Å². The molecule has 0 amide bonds. The summed E-state index contributed by atoms with van der Waals surface area (Å²) in [6.07, 6.45) is 3.30. The van der Waals surface area contributed by atoms with E-state index in [0.29, 0.717) is 21.9 Å². The van der Waals surface area contributed by atoms with Gasteiger partial charge in [0.25, 0.3) is 0 Å². The summed E-state index contributed by atoms with van der Waals surface area (Å²) in [6.45, 7) is 2.01. The largest absolute Gasteiger partial charge is 0.423 e. The summed E-state index contributed by atoms with van der Waals surface area (Å²) in [6, 6.07) is 20.8. The van der Waals surface area contributed by atoms with Gasteiger partial charge in [0.2, 0.25) is 0 Å². The van der Waals surface area contributed by atoms with E-state index < -0.39 is 5.97 Å². The zero-order chi connectivity index (χ0) is 19.2. The molecule has 0 saturated carbocycles. The topological polar surface area (TPSA) is 43.4 Å². The number of allylic oxidation sites excluding steroid dienone is 1. The number of hydrogen-bond acceptors (Lipinski definition) is 3. The second-order valence-corrected chi connectivity index (χ2v) is 6.47. The van der Waals surface area contributed by atoms with E-state index in [1.165, 1.54) is 11.6 Å². The lowest BCUT2D eigenvalue weighted by molar-refractivity contribution is 0.0734. The normalized spacial score (nSPS) is 10.7. The van der Waals surface area contributed by atoms with Crippen LogP contribution < -0.4 is 4.74 Å². The average Bonchev–Trinajstić information content (AvgIpc) is 2.68. The maximum Gasteiger partial charge on any atom is 0.343 e. The molecule has 0 N–H and O–H groups in total. The first-order chi connectivity index (χ1) is 13.0. The lowest BCUT2D eigenvalue weighted by Gasteiger charge is -2.05. The second-order valence-electron chi connectivity index (χ2n) is 6.03. The van der Waals surface area contributed by atoms with E-state index in [1.807, 2.05) is 31.2 Å².